The summed E-state index contributed by atoms with van der Waals surface area (Å²) in [5.74, 6) is 1.01. The third kappa shape index (κ3) is 3.99. The Bertz CT molecular complexity index is 265. The van der Waals surface area contributed by atoms with Crippen LogP contribution in [0.2, 0.25) is 0 Å². The van der Waals surface area contributed by atoms with Crippen LogP contribution in [0.4, 0.5) is 0 Å². The zero-order valence-electron chi connectivity index (χ0n) is 9.87. The Hall–Kier alpha value is -0.800. The van der Waals surface area contributed by atoms with Crippen molar-refractivity contribution in [3.8, 4) is 0 Å². The van der Waals surface area contributed by atoms with Crippen LogP contribution in [-0.4, -0.2) is 19.1 Å². The molecule has 3 heteroatoms. The topological polar surface area (TPSA) is 37.2 Å². The normalized spacial score (nSPS) is 17.8. The Morgan fingerprint density at radius 2 is 2.06 bits per heavy atom. The van der Waals surface area contributed by atoms with E-state index in [1.807, 2.05) is 12.1 Å². The van der Waals surface area contributed by atoms with E-state index in [2.05, 4.69) is 10.6 Å². The van der Waals surface area contributed by atoms with Gasteiger partial charge in [-0.2, -0.15) is 0 Å². The number of hydrogen-bond acceptors (Lipinski definition) is 3. The van der Waals surface area contributed by atoms with Crippen molar-refractivity contribution in [1.29, 1.82) is 0 Å². The monoisotopic (exact) mass is 222 g/mol. The second kappa shape index (κ2) is 6.71. The second-order valence-electron chi connectivity index (χ2n) is 4.55. The standard InChI is InChI=1S/C13H22N2O/c1-2-5-12(6-3-1)15-9-8-14-11-13-7-4-10-16-13/h4,7,10,12,14-15H,1-3,5-6,8-9,11H2. The largest absolute Gasteiger partial charge is 0.468 e. The van der Waals surface area contributed by atoms with Gasteiger partial charge in [-0.15, -0.1) is 0 Å². The van der Waals surface area contributed by atoms with E-state index in [0.29, 0.717) is 0 Å². The van der Waals surface area contributed by atoms with Gasteiger partial charge < -0.3 is 15.1 Å². The van der Waals surface area contributed by atoms with E-state index in [-0.39, 0.29) is 0 Å². The van der Waals surface area contributed by atoms with Crippen LogP contribution in [-0.2, 0) is 6.54 Å². The van der Waals surface area contributed by atoms with Crippen LogP contribution < -0.4 is 10.6 Å². The quantitative estimate of drug-likeness (QED) is 0.725. The smallest absolute Gasteiger partial charge is 0.117 e. The zero-order chi connectivity index (χ0) is 11.1. The minimum atomic E-state index is 0.763. The first-order chi connectivity index (χ1) is 7.95. The van der Waals surface area contributed by atoms with Crippen molar-refractivity contribution in [2.24, 2.45) is 0 Å². The number of furan rings is 1. The minimum Gasteiger partial charge on any atom is -0.468 e. The molecule has 0 aromatic carbocycles. The van der Waals surface area contributed by atoms with Gasteiger partial charge in [0, 0.05) is 19.1 Å². The van der Waals surface area contributed by atoms with Crippen molar-refractivity contribution in [2.75, 3.05) is 13.1 Å². The van der Waals surface area contributed by atoms with Gasteiger partial charge in [-0.05, 0) is 25.0 Å². The minimum absolute atomic E-state index is 0.763. The first-order valence-electron chi connectivity index (χ1n) is 6.41. The molecule has 2 rings (SSSR count). The van der Waals surface area contributed by atoms with E-state index in [4.69, 9.17) is 4.42 Å². The molecule has 90 valence electrons. The molecular weight excluding hydrogens is 200 g/mol. The fraction of sp³-hybridized carbons (Fsp3) is 0.692. The molecular formula is C13H22N2O. The van der Waals surface area contributed by atoms with E-state index >= 15 is 0 Å². The van der Waals surface area contributed by atoms with Gasteiger partial charge in [-0.1, -0.05) is 19.3 Å². The third-order valence-corrected chi connectivity index (χ3v) is 3.22. The van der Waals surface area contributed by atoms with Crippen LogP contribution in [0.5, 0.6) is 0 Å². The third-order valence-electron chi connectivity index (χ3n) is 3.22. The Morgan fingerprint density at radius 3 is 2.81 bits per heavy atom. The SMILES string of the molecule is c1coc(CNCCNC2CCCCC2)c1. The summed E-state index contributed by atoms with van der Waals surface area (Å²) in [5, 5.41) is 6.98. The molecule has 3 nitrogen and oxygen atoms in total. The van der Waals surface area contributed by atoms with Gasteiger partial charge in [0.2, 0.25) is 0 Å². The fourth-order valence-electron chi connectivity index (χ4n) is 2.30. The molecule has 1 fully saturated rings. The van der Waals surface area contributed by atoms with E-state index in [9.17, 15) is 0 Å². The molecule has 0 saturated heterocycles. The molecule has 1 saturated carbocycles. The molecule has 0 amide bonds. The number of hydrogen-bond donors (Lipinski definition) is 2. The van der Waals surface area contributed by atoms with Crippen molar-refractivity contribution >= 4 is 0 Å². The maximum atomic E-state index is 5.25. The Morgan fingerprint density at radius 1 is 1.19 bits per heavy atom. The van der Waals surface area contributed by atoms with Gasteiger partial charge in [-0.3, -0.25) is 0 Å². The zero-order valence-corrected chi connectivity index (χ0v) is 9.87. The molecule has 2 N–H and O–H groups in total. The van der Waals surface area contributed by atoms with E-state index in [1.165, 1.54) is 32.1 Å². The second-order valence-corrected chi connectivity index (χ2v) is 4.55. The molecule has 0 bridgehead atoms. The van der Waals surface area contributed by atoms with Crippen molar-refractivity contribution in [1.82, 2.24) is 10.6 Å². The highest BCUT2D eigenvalue weighted by atomic mass is 16.3. The molecule has 0 unspecified atom stereocenters. The molecule has 1 aliphatic carbocycles. The van der Waals surface area contributed by atoms with Crippen molar-refractivity contribution < 1.29 is 4.42 Å². The summed E-state index contributed by atoms with van der Waals surface area (Å²) in [6.45, 7) is 2.90. The molecule has 16 heavy (non-hydrogen) atoms. The Balaban J connectivity index is 1.48. The predicted molar refractivity (Wildman–Crippen MR) is 65.3 cm³/mol. The molecule has 1 aromatic heterocycles. The summed E-state index contributed by atoms with van der Waals surface area (Å²) in [6, 6.07) is 4.69. The number of nitrogens with one attached hydrogen (secondary N) is 2. The summed E-state index contributed by atoms with van der Waals surface area (Å²) in [7, 11) is 0. The van der Waals surface area contributed by atoms with Crippen LogP contribution in [0.3, 0.4) is 0 Å². The maximum absolute atomic E-state index is 5.25. The fourth-order valence-corrected chi connectivity index (χ4v) is 2.30. The molecule has 1 heterocycles. The average molecular weight is 222 g/mol. The average Bonchev–Trinajstić information content (AvgIpc) is 2.83. The lowest BCUT2D eigenvalue weighted by atomic mass is 9.95. The predicted octanol–water partition coefficient (Wildman–Crippen LogP) is 2.29. The lowest BCUT2D eigenvalue weighted by molar-refractivity contribution is 0.371. The molecule has 1 aliphatic rings. The van der Waals surface area contributed by atoms with Crippen molar-refractivity contribution in [3.05, 3.63) is 24.2 Å². The highest BCUT2D eigenvalue weighted by Gasteiger charge is 2.11. The van der Waals surface area contributed by atoms with E-state index in [0.717, 1.165) is 31.4 Å². The summed E-state index contributed by atoms with van der Waals surface area (Å²) in [5.41, 5.74) is 0. The van der Waals surface area contributed by atoms with Gasteiger partial charge in [0.05, 0.1) is 12.8 Å². The lowest BCUT2D eigenvalue weighted by Crippen LogP contribution is -2.36. The molecule has 0 aliphatic heterocycles. The first kappa shape index (κ1) is 11.7. The van der Waals surface area contributed by atoms with Gasteiger partial charge in [0.1, 0.15) is 5.76 Å². The maximum Gasteiger partial charge on any atom is 0.117 e. The van der Waals surface area contributed by atoms with Gasteiger partial charge >= 0.3 is 0 Å². The van der Waals surface area contributed by atoms with E-state index in [1.54, 1.807) is 6.26 Å². The summed E-state index contributed by atoms with van der Waals surface area (Å²) in [4.78, 5) is 0. The summed E-state index contributed by atoms with van der Waals surface area (Å²) < 4.78 is 5.25. The van der Waals surface area contributed by atoms with Gasteiger partial charge in [-0.25, -0.2) is 0 Å². The molecule has 0 spiro atoms. The molecule has 1 aromatic rings. The van der Waals surface area contributed by atoms with Crippen LogP contribution in [0.25, 0.3) is 0 Å². The van der Waals surface area contributed by atoms with Crippen LogP contribution >= 0.6 is 0 Å². The van der Waals surface area contributed by atoms with Gasteiger partial charge in [0.15, 0.2) is 0 Å². The molecule has 0 atom stereocenters. The Labute approximate surface area is 97.6 Å². The Kier molecular flexibility index (Phi) is 4.90. The van der Waals surface area contributed by atoms with Crippen LogP contribution in [0.1, 0.15) is 37.9 Å². The highest BCUT2D eigenvalue weighted by Crippen LogP contribution is 2.16. The van der Waals surface area contributed by atoms with Gasteiger partial charge in [0.25, 0.3) is 0 Å². The highest BCUT2D eigenvalue weighted by molar-refractivity contribution is 4.97. The lowest BCUT2D eigenvalue weighted by Gasteiger charge is -2.22. The van der Waals surface area contributed by atoms with Crippen LogP contribution in [0, 0.1) is 0 Å². The van der Waals surface area contributed by atoms with E-state index < -0.39 is 0 Å². The summed E-state index contributed by atoms with van der Waals surface area (Å²) in [6.07, 6.45) is 8.66. The van der Waals surface area contributed by atoms with Crippen molar-refractivity contribution in [3.63, 3.8) is 0 Å². The van der Waals surface area contributed by atoms with Crippen LogP contribution in [0.15, 0.2) is 22.8 Å². The first-order valence-corrected chi connectivity index (χ1v) is 6.41. The summed E-state index contributed by atoms with van der Waals surface area (Å²) >= 11 is 0. The number of rotatable bonds is 6. The van der Waals surface area contributed by atoms with Crippen molar-refractivity contribution in [2.45, 2.75) is 44.7 Å². The molecule has 0 radical (unpaired) electrons.